The van der Waals surface area contributed by atoms with E-state index in [0.29, 0.717) is 12.3 Å². The standard InChI is InChI=1S/C15H18N4O2/c1-3-19-8-7-10-9-11(5-6-12(10)19)13-14(17-18-16-13)15(20)21-4-2/h5-6,9H,3-4,7-8H2,1-2H3,(H,16,17,18). The van der Waals surface area contributed by atoms with E-state index in [-0.39, 0.29) is 5.69 Å². The van der Waals surface area contributed by atoms with Gasteiger partial charge in [0, 0.05) is 24.3 Å². The number of H-pyrrole nitrogens is 1. The summed E-state index contributed by atoms with van der Waals surface area (Å²) in [4.78, 5) is 14.2. The van der Waals surface area contributed by atoms with Gasteiger partial charge in [-0.05, 0) is 38.0 Å². The van der Waals surface area contributed by atoms with Crippen LogP contribution < -0.4 is 4.90 Å². The van der Waals surface area contributed by atoms with Gasteiger partial charge in [-0.25, -0.2) is 4.79 Å². The number of benzene rings is 1. The van der Waals surface area contributed by atoms with Gasteiger partial charge in [-0.15, -0.1) is 5.10 Å². The van der Waals surface area contributed by atoms with Gasteiger partial charge >= 0.3 is 5.97 Å². The predicted molar refractivity (Wildman–Crippen MR) is 79.4 cm³/mol. The van der Waals surface area contributed by atoms with Crippen molar-refractivity contribution in [2.75, 3.05) is 24.6 Å². The summed E-state index contributed by atoms with van der Waals surface area (Å²) in [7, 11) is 0. The molecule has 3 rings (SSSR count). The second-order valence-corrected chi connectivity index (χ2v) is 4.91. The van der Waals surface area contributed by atoms with E-state index in [2.05, 4.69) is 39.4 Å². The van der Waals surface area contributed by atoms with E-state index in [0.717, 1.165) is 25.1 Å². The van der Waals surface area contributed by atoms with Gasteiger partial charge in [0.25, 0.3) is 0 Å². The van der Waals surface area contributed by atoms with E-state index < -0.39 is 5.97 Å². The number of fused-ring (bicyclic) bond motifs is 1. The Morgan fingerprint density at radius 2 is 2.24 bits per heavy atom. The highest BCUT2D eigenvalue weighted by molar-refractivity contribution is 5.94. The summed E-state index contributed by atoms with van der Waals surface area (Å²) >= 11 is 0. The van der Waals surface area contributed by atoms with Crippen LogP contribution in [0.5, 0.6) is 0 Å². The summed E-state index contributed by atoms with van der Waals surface area (Å²) in [6, 6.07) is 6.16. The summed E-state index contributed by atoms with van der Waals surface area (Å²) in [5, 5.41) is 10.5. The Bertz CT molecular complexity index is 665. The van der Waals surface area contributed by atoms with Crippen molar-refractivity contribution in [1.29, 1.82) is 0 Å². The zero-order chi connectivity index (χ0) is 14.8. The van der Waals surface area contributed by atoms with Crippen molar-refractivity contribution in [2.45, 2.75) is 20.3 Å². The number of carbonyl (C=O) groups is 1. The van der Waals surface area contributed by atoms with Crippen molar-refractivity contribution < 1.29 is 9.53 Å². The summed E-state index contributed by atoms with van der Waals surface area (Å²) in [5.41, 5.74) is 4.23. The number of likely N-dealkylation sites (N-methyl/N-ethyl adjacent to an activating group) is 1. The topological polar surface area (TPSA) is 71.1 Å². The quantitative estimate of drug-likeness (QED) is 0.871. The smallest absolute Gasteiger partial charge is 0.361 e. The van der Waals surface area contributed by atoms with E-state index >= 15 is 0 Å². The molecule has 6 nitrogen and oxygen atoms in total. The number of carbonyl (C=O) groups excluding carboxylic acids is 1. The molecule has 1 aromatic carbocycles. The molecule has 1 aliphatic heterocycles. The van der Waals surface area contributed by atoms with Gasteiger partial charge in [0.15, 0.2) is 5.69 Å². The summed E-state index contributed by atoms with van der Waals surface area (Å²) in [6.07, 6.45) is 1.02. The molecule has 1 aliphatic rings. The first kappa shape index (κ1) is 13.6. The molecule has 0 radical (unpaired) electrons. The number of aromatic nitrogens is 3. The average molecular weight is 286 g/mol. The highest BCUT2D eigenvalue weighted by Crippen LogP contribution is 2.32. The molecule has 0 unspecified atom stereocenters. The van der Waals surface area contributed by atoms with Gasteiger partial charge in [0.2, 0.25) is 0 Å². The molecule has 0 saturated carbocycles. The number of nitrogens with one attached hydrogen (secondary N) is 1. The fourth-order valence-corrected chi connectivity index (χ4v) is 2.72. The number of nitrogens with zero attached hydrogens (tertiary/aromatic N) is 3. The van der Waals surface area contributed by atoms with Crippen LogP contribution in [-0.2, 0) is 11.2 Å². The van der Waals surface area contributed by atoms with Crippen molar-refractivity contribution in [3.05, 3.63) is 29.5 Å². The minimum absolute atomic E-state index is 0.238. The van der Waals surface area contributed by atoms with Gasteiger partial charge in [0.1, 0.15) is 5.69 Å². The monoisotopic (exact) mass is 286 g/mol. The van der Waals surface area contributed by atoms with Crippen molar-refractivity contribution in [3.63, 3.8) is 0 Å². The molecule has 0 amide bonds. The molecule has 6 heteroatoms. The van der Waals surface area contributed by atoms with E-state index in [1.165, 1.54) is 11.3 Å². The molecular formula is C15H18N4O2. The van der Waals surface area contributed by atoms with Crippen LogP contribution in [0.1, 0.15) is 29.9 Å². The molecule has 2 heterocycles. The predicted octanol–water partition coefficient (Wildman–Crippen LogP) is 2.03. The minimum Gasteiger partial charge on any atom is -0.461 e. The van der Waals surface area contributed by atoms with E-state index in [1.807, 2.05) is 6.07 Å². The van der Waals surface area contributed by atoms with Crippen molar-refractivity contribution in [2.24, 2.45) is 0 Å². The Morgan fingerprint density at radius 1 is 1.38 bits per heavy atom. The molecule has 0 fully saturated rings. The SMILES string of the molecule is CCOC(=O)c1n[nH]nc1-c1ccc2c(c1)CCN2CC. The number of hydrogen-bond donors (Lipinski definition) is 1. The van der Waals surface area contributed by atoms with E-state index in [4.69, 9.17) is 4.74 Å². The van der Waals surface area contributed by atoms with Crippen molar-refractivity contribution >= 4 is 11.7 Å². The lowest BCUT2D eigenvalue weighted by atomic mass is 10.0. The molecule has 0 aliphatic carbocycles. The van der Waals surface area contributed by atoms with Crippen LogP contribution in [0.15, 0.2) is 18.2 Å². The lowest BCUT2D eigenvalue weighted by Gasteiger charge is -2.16. The zero-order valence-electron chi connectivity index (χ0n) is 12.2. The molecule has 1 N–H and O–H groups in total. The van der Waals surface area contributed by atoms with Crippen LogP contribution in [0.25, 0.3) is 11.3 Å². The van der Waals surface area contributed by atoms with E-state index in [9.17, 15) is 4.79 Å². The summed E-state index contributed by atoms with van der Waals surface area (Å²) in [6.45, 7) is 6.29. The molecule has 110 valence electrons. The lowest BCUT2D eigenvalue weighted by Crippen LogP contribution is -2.18. The lowest BCUT2D eigenvalue weighted by molar-refractivity contribution is 0.0520. The maximum absolute atomic E-state index is 11.9. The third-order valence-electron chi connectivity index (χ3n) is 3.74. The second-order valence-electron chi connectivity index (χ2n) is 4.91. The van der Waals surface area contributed by atoms with Crippen LogP contribution in [0.3, 0.4) is 0 Å². The first-order valence-electron chi connectivity index (χ1n) is 7.20. The molecule has 21 heavy (non-hydrogen) atoms. The third kappa shape index (κ3) is 2.37. The van der Waals surface area contributed by atoms with Gasteiger partial charge < -0.3 is 9.64 Å². The molecule has 0 saturated heterocycles. The largest absolute Gasteiger partial charge is 0.461 e. The summed E-state index contributed by atoms with van der Waals surface area (Å²) < 4.78 is 5.01. The number of aromatic amines is 1. The van der Waals surface area contributed by atoms with Gasteiger partial charge in [-0.1, -0.05) is 6.07 Å². The van der Waals surface area contributed by atoms with Gasteiger partial charge in [-0.2, -0.15) is 10.3 Å². The zero-order valence-corrected chi connectivity index (χ0v) is 12.2. The van der Waals surface area contributed by atoms with Gasteiger partial charge in [-0.3, -0.25) is 0 Å². The Morgan fingerprint density at radius 3 is 3.00 bits per heavy atom. The van der Waals surface area contributed by atoms with Crippen molar-refractivity contribution in [3.8, 4) is 11.3 Å². The molecule has 0 atom stereocenters. The maximum atomic E-state index is 11.9. The van der Waals surface area contributed by atoms with Crippen LogP contribution in [0.4, 0.5) is 5.69 Å². The average Bonchev–Trinajstić information content (AvgIpc) is 3.13. The number of rotatable bonds is 4. The Hall–Kier alpha value is -2.37. The Balaban J connectivity index is 1.96. The highest BCUT2D eigenvalue weighted by atomic mass is 16.5. The third-order valence-corrected chi connectivity index (χ3v) is 3.74. The van der Waals surface area contributed by atoms with Crippen LogP contribution in [0, 0.1) is 0 Å². The Kier molecular flexibility index (Phi) is 3.60. The second kappa shape index (κ2) is 5.55. The number of hydrogen-bond acceptors (Lipinski definition) is 5. The first-order valence-corrected chi connectivity index (χ1v) is 7.20. The molecule has 2 aromatic rings. The van der Waals surface area contributed by atoms with Crippen molar-refractivity contribution in [1.82, 2.24) is 15.4 Å². The fraction of sp³-hybridized carbons (Fsp3) is 0.400. The number of ether oxygens (including phenoxy) is 1. The minimum atomic E-state index is -0.447. The van der Waals surface area contributed by atoms with Crippen LogP contribution in [0.2, 0.25) is 0 Å². The van der Waals surface area contributed by atoms with Gasteiger partial charge in [0.05, 0.1) is 6.61 Å². The maximum Gasteiger partial charge on any atom is 0.361 e. The number of esters is 1. The fourth-order valence-electron chi connectivity index (χ4n) is 2.72. The molecule has 0 spiro atoms. The van der Waals surface area contributed by atoms with E-state index in [1.54, 1.807) is 6.92 Å². The summed E-state index contributed by atoms with van der Waals surface area (Å²) in [5.74, 6) is -0.447. The molecule has 0 bridgehead atoms. The highest BCUT2D eigenvalue weighted by Gasteiger charge is 2.22. The molecular weight excluding hydrogens is 268 g/mol. The van der Waals surface area contributed by atoms with Crippen LogP contribution >= 0.6 is 0 Å². The van der Waals surface area contributed by atoms with Crippen LogP contribution in [-0.4, -0.2) is 41.1 Å². The normalized spacial score (nSPS) is 13.3. The number of anilines is 1. The molecule has 1 aromatic heterocycles. The first-order chi connectivity index (χ1) is 10.2. The Labute approximate surface area is 123 Å².